The van der Waals surface area contributed by atoms with Gasteiger partial charge in [0.1, 0.15) is 11.5 Å². The number of phenols is 1. The van der Waals surface area contributed by atoms with Gasteiger partial charge < -0.3 is 15.5 Å². The van der Waals surface area contributed by atoms with Crippen molar-refractivity contribution in [3.05, 3.63) is 29.8 Å². The van der Waals surface area contributed by atoms with Gasteiger partial charge in [-0.1, -0.05) is 12.1 Å². The van der Waals surface area contributed by atoms with Crippen LogP contribution in [0.4, 0.5) is 0 Å². The molecule has 1 fully saturated rings. The van der Waals surface area contributed by atoms with Crippen LogP contribution in [-0.4, -0.2) is 28.6 Å². The summed E-state index contributed by atoms with van der Waals surface area (Å²) in [5, 5.41) is 22.9. The lowest BCUT2D eigenvalue weighted by atomic mass is 9.86. The predicted octanol–water partition coefficient (Wildman–Crippen LogP) is 2.55. The number of aliphatic hydroxyl groups is 1. The highest BCUT2D eigenvalue weighted by molar-refractivity contribution is 5.78. The quantitative estimate of drug-likeness (QED) is 0.753. The van der Waals surface area contributed by atoms with Gasteiger partial charge in [-0.2, -0.15) is 0 Å². The van der Waals surface area contributed by atoms with Gasteiger partial charge in [-0.05, 0) is 56.3 Å². The standard InChI is InChI=1S/C17H25NO3/c1-12(17(21)14-4-8-16(20)9-5-14)18-11-10-13-2-6-15(19)7-3-13/h4-5,8-9,12-13,17-18,20-21H,2-3,6-7,10-11H2,1H3. The molecule has 116 valence electrons. The van der Waals surface area contributed by atoms with E-state index < -0.39 is 6.10 Å². The van der Waals surface area contributed by atoms with Gasteiger partial charge in [0.05, 0.1) is 6.10 Å². The molecule has 0 amide bonds. The minimum absolute atomic E-state index is 0.0419. The molecule has 4 heteroatoms. The Balaban J connectivity index is 1.72. The van der Waals surface area contributed by atoms with E-state index in [9.17, 15) is 15.0 Å². The van der Waals surface area contributed by atoms with Crippen molar-refractivity contribution >= 4 is 5.78 Å². The molecule has 1 aromatic rings. The molecule has 0 aliphatic heterocycles. The van der Waals surface area contributed by atoms with E-state index in [4.69, 9.17) is 0 Å². The fourth-order valence-corrected chi connectivity index (χ4v) is 2.88. The zero-order chi connectivity index (χ0) is 15.2. The Hall–Kier alpha value is -1.39. The summed E-state index contributed by atoms with van der Waals surface area (Å²) in [5.41, 5.74) is 0.802. The molecule has 0 saturated heterocycles. The van der Waals surface area contributed by atoms with Crippen molar-refractivity contribution in [3.8, 4) is 5.75 Å². The molecule has 2 atom stereocenters. The largest absolute Gasteiger partial charge is 0.508 e. The lowest BCUT2D eigenvalue weighted by Crippen LogP contribution is -2.34. The third kappa shape index (κ3) is 4.83. The number of hydrogen-bond acceptors (Lipinski definition) is 4. The lowest BCUT2D eigenvalue weighted by Gasteiger charge is -2.24. The second kappa shape index (κ2) is 7.57. The van der Waals surface area contributed by atoms with Crippen LogP contribution in [0.25, 0.3) is 0 Å². The number of carbonyl (C=O) groups is 1. The number of phenolic OH excluding ortho intramolecular Hbond substituents is 1. The molecule has 0 aromatic heterocycles. The number of Topliss-reactive ketones (excluding diaryl/α,β-unsaturated/α-hetero) is 1. The number of benzene rings is 1. The van der Waals surface area contributed by atoms with Crippen LogP contribution < -0.4 is 5.32 Å². The maximum absolute atomic E-state index is 11.2. The molecule has 2 unspecified atom stereocenters. The number of ketones is 1. The minimum atomic E-state index is -0.585. The zero-order valence-electron chi connectivity index (χ0n) is 12.6. The van der Waals surface area contributed by atoms with Crippen LogP contribution in [0.15, 0.2) is 24.3 Å². The van der Waals surface area contributed by atoms with Crippen LogP contribution in [0, 0.1) is 5.92 Å². The zero-order valence-corrected chi connectivity index (χ0v) is 12.6. The van der Waals surface area contributed by atoms with Gasteiger partial charge in [0.15, 0.2) is 0 Å². The molecule has 0 heterocycles. The Labute approximate surface area is 126 Å². The minimum Gasteiger partial charge on any atom is -0.508 e. The van der Waals surface area contributed by atoms with Crippen molar-refractivity contribution in [1.29, 1.82) is 0 Å². The maximum Gasteiger partial charge on any atom is 0.132 e. The smallest absolute Gasteiger partial charge is 0.132 e. The summed E-state index contributed by atoms with van der Waals surface area (Å²) in [4.78, 5) is 11.2. The van der Waals surface area contributed by atoms with E-state index in [1.165, 1.54) is 0 Å². The molecule has 0 radical (unpaired) electrons. The van der Waals surface area contributed by atoms with Crippen LogP contribution in [0.2, 0.25) is 0 Å². The van der Waals surface area contributed by atoms with Crippen LogP contribution >= 0.6 is 0 Å². The molecule has 1 saturated carbocycles. The van der Waals surface area contributed by atoms with Crippen molar-refractivity contribution in [2.24, 2.45) is 5.92 Å². The lowest BCUT2D eigenvalue weighted by molar-refractivity contribution is -0.121. The molecule has 3 N–H and O–H groups in total. The Morgan fingerprint density at radius 2 is 1.86 bits per heavy atom. The van der Waals surface area contributed by atoms with E-state index in [1.807, 2.05) is 6.92 Å². The predicted molar refractivity (Wildman–Crippen MR) is 82.1 cm³/mol. The van der Waals surface area contributed by atoms with Gasteiger partial charge in [-0.3, -0.25) is 4.79 Å². The summed E-state index contributed by atoms with van der Waals surface area (Å²) in [6.07, 6.45) is 3.95. The first-order chi connectivity index (χ1) is 10.1. The second-order valence-electron chi connectivity index (χ2n) is 6.05. The molecule has 1 aliphatic rings. The Kier molecular flexibility index (Phi) is 5.76. The summed E-state index contributed by atoms with van der Waals surface area (Å²) < 4.78 is 0. The number of aromatic hydroxyl groups is 1. The summed E-state index contributed by atoms with van der Waals surface area (Å²) in [6.45, 7) is 2.82. The highest BCUT2D eigenvalue weighted by atomic mass is 16.3. The van der Waals surface area contributed by atoms with E-state index >= 15 is 0 Å². The van der Waals surface area contributed by atoms with Gasteiger partial charge in [-0.25, -0.2) is 0 Å². The fraction of sp³-hybridized carbons (Fsp3) is 0.588. The normalized spacial score (nSPS) is 19.4. The molecule has 1 aliphatic carbocycles. The Bertz CT molecular complexity index is 448. The molecule has 0 bridgehead atoms. The highest BCUT2D eigenvalue weighted by Gasteiger charge is 2.20. The first kappa shape index (κ1) is 16.0. The van der Waals surface area contributed by atoms with Gasteiger partial charge in [0.25, 0.3) is 0 Å². The van der Waals surface area contributed by atoms with Crippen LogP contribution in [0.3, 0.4) is 0 Å². The third-order valence-corrected chi connectivity index (χ3v) is 4.39. The number of aliphatic hydroxyl groups excluding tert-OH is 1. The second-order valence-corrected chi connectivity index (χ2v) is 6.05. The molecule has 21 heavy (non-hydrogen) atoms. The third-order valence-electron chi connectivity index (χ3n) is 4.39. The van der Waals surface area contributed by atoms with E-state index in [-0.39, 0.29) is 11.8 Å². The summed E-state index contributed by atoms with van der Waals surface area (Å²) in [7, 11) is 0. The van der Waals surface area contributed by atoms with Gasteiger partial charge in [0, 0.05) is 18.9 Å². The van der Waals surface area contributed by atoms with Gasteiger partial charge in [0.2, 0.25) is 0 Å². The van der Waals surface area contributed by atoms with Crippen molar-refractivity contribution < 1.29 is 15.0 Å². The molecular formula is C17H25NO3. The fourth-order valence-electron chi connectivity index (χ4n) is 2.88. The van der Waals surface area contributed by atoms with E-state index in [0.29, 0.717) is 11.7 Å². The maximum atomic E-state index is 11.2. The van der Waals surface area contributed by atoms with E-state index in [0.717, 1.165) is 44.2 Å². The van der Waals surface area contributed by atoms with Crippen LogP contribution in [-0.2, 0) is 4.79 Å². The average Bonchev–Trinajstić information content (AvgIpc) is 2.49. The first-order valence-corrected chi connectivity index (χ1v) is 7.78. The van der Waals surface area contributed by atoms with Crippen molar-refractivity contribution in [2.75, 3.05) is 6.54 Å². The van der Waals surface area contributed by atoms with Crippen LogP contribution in [0.1, 0.15) is 50.7 Å². The molecule has 1 aromatic carbocycles. The van der Waals surface area contributed by atoms with Crippen LogP contribution in [0.5, 0.6) is 5.75 Å². The number of hydrogen-bond donors (Lipinski definition) is 3. The Morgan fingerprint density at radius 3 is 2.48 bits per heavy atom. The molecular weight excluding hydrogens is 266 g/mol. The summed E-state index contributed by atoms with van der Waals surface area (Å²) in [6, 6.07) is 6.62. The summed E-state index contributed by atoms with van der Waals surface area (Å²) in [5.74, 6) is 1.24. The topological polar surface area (TPSA) is 69.6 Å². The van der Waals surface area contributed by atoms with E-state index in [2.05, 4.69) is 5.32 Å². The monoisotopic (exact) mass is 291 g/mol. The highest BCUT2D eigenvalue weighted by Crippen LogP contribution is 2.24. The molecule has 2 rings (SSSR count). The average molecular weight is 291 g/mol. The number of nitrogens with one attached hydrogen (secondary N) is 1. The van der Waals surface area contributed by atoms with Gasteiger partial charge in [-0.15, -0.1) is 0 Å². The molecule has 0 spiro atoms. The van der Waals surface area contributed by atoms with Crippen molar-refractivity contribution in [2.45, 2.75) is 51.2 Å². The first-order valence-electron chi connectivity index (χ1n) is 7.78. The Morgan fingerprint density at radius 1 is 1.24 bits per heavy atom. The number of rotatable bonds is 6. The molecule has 4 nitrogen and oxygen atoms in total. The number of carbonyl (C=O) groups excluding carboxylic acids is 1. The van der Waals surface area contributed by atoms with Crippen molar-refractivity contribution in [3.63, 3.8) is 0 Å². The SMILES string of the molecule is CC(NCCC1CCC(=O)CC1)C(O)c1ccc(O)cc1. The van der Waals surface area contributed by atoms with Gasteiger partial charge >= 0.3 is 0 Å². The van der Waals surface area contributed by atoms with E-state index in [1.54, 1.807) is 24.3 Å². The van der Waals surface area contributed by atoms with Crippen molar-refractivity contribution in [1.82, 2.24) is 5.32 Å². The summed E-state index contributed by atoms with van der Waals surface area (Å²) >= 11 is 0.